The quantitative estimate of drug-likeness (QED) is 0.1000. The van der Waals surface area contributed by atoms with Gasteiger partial charge < -0.3 is 37.7 Å². The fraction of sp³-hybridized carbons (Fsp3) is 0.115. The van der Waals surface area contributed by atoms with E-state index in [1.54, 1.807) is 76.2 Å². The average molecular weight is 853 g/mol. The third-order valence-electron chi connectivity index (χ3n) is 11.3. The molecule has 5 aromatic carbocycles. The summed E-state index contributed by atoms with van der Waals surface area (Å²) in [6.45, 7) is 6.93. The molecule has 9 aromatic rings. The average Bonchev–Trinajstić information content (AvgIpc) is 3.77. The lowest BCUT2D eigenvalue weighted by Crippen LogP contribution is -2.10. The molecule has 0 aliphatic rings. The van der Waals surface area contributed by atoms with Crippen molar-refractivity contribution in [1.29, 1.82) is 0 Å². The smallest absolute Gasteiger partial charge is 0.348 e. The molecular weight excluding hydrogens is 813 g/mol. The summed E-state index contributed by atoms with van der Waals surface area (Å²) in [6.07, 6.45) is 0. The predicted octanol–water partition coefficient (Wildman–Crippen LogP) is 10.5. The Labute approximate surface area is 365 Å². The van der Waals surface area contributed by atoms with Gasteiger partial charge in [0.2, 0.25) is 0 Å². The number of hydrogen-bond acceptors (Lipinski definition) is 10. The molecule has 64 heavy (non-hydrogen) atoms. The van der Waals surface area contributed by atoms with E-state index in [0.717, 1.165) is 0 Å². The number of hydrogen-bond donors (Lipinski definition) is 2. The Balaban J connectivity index is 1.33. The van der Waals surface area contributed by atoms with Crippen molar-refractivity contribution in [3.05, 3.63) is 177 Å². The molecule has 0 atom stereocenters. The lowest BCUT2D eigenvalue weighted by Gasteiger charge is -2.17. The molecule has 4 aromatic heterocycles. The SMILES string of the molecule is CCOC(=O)c1c(-c2c(O)c3ccccc3oc2=O)c(-c2ccccc2)n(-c2ccc(-n3c(C)c(C(=O)OCC)c(-c4c(O)c5ccccc5oc4=O)c3-c3ccccc3)cc2)c1C. The van der Waals surface area contributed by atoms with Gasteiger partial charge in [0.1, 0.15) is 33.8 Å². The van der Waals surface area contributed by atoms with Crippen LogP contribution in [0.1, 0.15) is 46.0 Å². The summed E-state index contributed by atoms with van der Waals surface area (Å²) in [5.41, 5.74) is 2.70. The molecule has 4 heterocycles. The maximum absolute atomic E-state index is 14.1. The summed E-state index contributed by atoms with van der Waals surface area (Å²) in [6, 6.07) is 38.8. The Morgan fingerprint density at radius 1 is 0.500 bits per heavy atom. The van der Waals surface area contributed by atoms with Gasteiger partial charge in [-0.15, -0.1) is 0 Å². The Hall–Kier alpha value is -8.38. The molecule has 2 N–H and O–H groups in total. The van der Waals surface area contributed by atoms with Crippen LogP contribution >= 0.6 is 0 Å². The van der Waals surface area contributed by atoms with Crippen molar-refractivity contribution in [2.75, 3.05) is 13.2 Å². The number of para-hydroxylation sites is 2. The van der Waals surface area contributed by atoms with Crippen LogP contribution in [0.4, 0.5) is 0 Å². The van der Waals surface area contributed by atoms with Crippen molar-refractivity contribution in [3.8, 4) is 67.6 Å². The molecular formula is C52H40N2O10. The molecule has 0 bridgehead atoms. The highest BCUT2D eigenvalue weighted by atomic mass is 16.5. The van der Waals surface area contributed by atoms with Crippen LogP contribution in [-0.2, 0) is 9.47 Å². The third kappa shape index (κ3) is 6.63. The van der Waals surface area contributed by atoms with Crippen molar-refractivity contribution >= 4 is 33.9 Å². The van der Waals surface area contributed by atoms with Gasteiger partial charge in [-0.2, -0.15) is 0 Å². The second kappa shape index (κ2) is 16.5. The highest BCUT2D eigenvalue weighted by Gasteiger charge is 2.35. The zero-order valence-corrected chi connectivity index (χ0v) is 35.2. The van der Waals surface area contributed by atoms with Crippen molar-refractivity contribution in [2.45, 2.75) is 27.7 Å². The Kier molecular flexibility index (Phi) is 10.6. The lowest BCUT2D eigenvalue weighted by atomic mass is 9.96. The number of carbonyl (C=O) groups excluding carboxylic acids is 2. The summed E-state index contributed by atoms with van der Waals surface area (Å²) in [4.78, 5) is 56.1. The minimum absolute atomic E-state index is 0.0469. The van der Waals surface area contributed by atoms with Crippen LogP contribution in [0.25, 0.3) is 78.1 Å². The van der Waals surface area contributed by atoms with Gasteiger partial charge in [-0.3, -0.25) is 0 Å². The normalized spacial score (nSPS) is 11.3. The Bertz CT molecular complexity index is 3180. The number of rotatable bonds is 10. The first-order chi connectivity index (χ1) is 31.0. The molecule has 9 rings (SSSR count). The maximum atomic E-state index is 14.1. The molecule has 318 valence electrons. The first kappa shape index (κ1) is 41.0. The summed E-state index contributed by atoms with van der Waals surface area (Å²) in [5, 5.41) is 24.2. The fourth-order valence-electron chi connectivity index (χ4n) is 8.62. The molecule has 12 nitrogen and oxygen atoms in total. The van der Waals surface area contributed by atoms with Crippen molar-refractivity contribution < 1.29 is 38.1 Å². The van der Waals surface area contributed by atoms with E-state index in [9.17, 15) is 29.4 Å². The van der Waals surface area contributed by atoms with Crippen LogP contribution in [0.15, 0.2) is 152 Å². The number of nitrogens with zero attached hydrogens (tertiary/aromatic N) is 2. The largest absolute Gasteiger partial charge is 0.506 e. The fourth-order valence-corrected chi connectivity index (χ4v) is 8.62. The van der Waals surface area contributed by atoms with E-state index in [0.29, 0.717) is 45.3 Å². The van der Waals surface area contributed by atoms with Gasteiger partial charge in [0.05, 0.1) is 46.5 Å². The summed E-state index contributed by atoms with van der Waals surface area (Å²) >= 11 is 0. The van der Waals surface area contributed by atoms with Crippen LogP contribution in [0, 0.1) is 13.8 Å². The van der Waals surface area contributed by atoms with E-state index >= 15 is 0 Å². The maximum Gasteiger partial charge on any atom is 0.348 e. The molecule has 0 unspecified atom stereocenters. The monoisotopic (exact) mass is 852 g/mol. The van der Waals surface area contributed by atoms with E-state index in [-0.39, 0.29) is 80.0 Å². The van der Waals surface area contributed by atoms with Crippen LogP contribution in [-0.4, -0.2) is 44.5 Å². The zero-order valence-electron chi connectivity index (χ0n) is 35.2. The van der Waals surface area contributed by atoms with E-state index in [1.807, 2.05) is 94.1 Å². The highest BCUT2D eigenvalue weighted by molar-refractivity contribution is 6.08. The number of ether oxygens (including phenoxy) is 2. The molecule has 0 fully saturated rings. The van der Waals surface area contributed by atoms with E-state index < -0.39 is 23.2 Å². The van der Waals surface area contributed by atoms with Crippen molar-refractivity contribution in [3.63, 3.8) is 0 Å². The van der Waals surface area contributed by atoms with Gasteiger partial charge in [0.25, 0.3) is 0 Å². The minimum atomic E-state index is -0.845. The number of aromatic nitrogens is 2. The van der Waals surface area contributed by atoms with E-state index in [1.165, 1.54) is 0 Å². The standard InChI is InChI=1S/C52H40N2O10/c1-5-61-49(57)39-29(3)53(45(31-17-9-7-10-18-31)41(39)43-47(55)35-21-13-15-23-37(35)63-51(43)59)33-25-27-34(28-26-33)54-30(4)40(50(58)62-6-2)42(46(54)32-19-11-8-12-20-32)44-48(56)36-22-14-16-24-38(36)64-52(44)60/h7-28,55-56H,5-6H2,1-4H3. The van der Waals surface area contributed by atoms with E-state index in [4.69, 9.17) is 18.3 Å². The Morgan fingerprint density at radius 2 is 0.844 bits per heavy atom. The number of aromatic hydroxyl groups is 2. The predicted molar refractivity (Wildman–Crippen MR) is 244 cm³/mol. The van der Waals surface area contributed by atoms with Crippen LogP contribution < -0.4 is 11.3 Å². The van der Waals surface area contributed by atoms with Gasteiger partial charge in [0.15, 0.2) is 0 Å². The van der Waals surface area contributed by atoms with Gasteiger partial charge >= 0.3 is 23.2 Å². The lowest BCUT2D eigenvalue weighted by molar-refractivity contribution is 0.0516. The highest BCUT2D eigenvalue weighted by Crippen LogP contribution is 2.47. The van der Waals surface area contributed by atoms with Gasteiger partial charge in [-0.1, -0.05) is 84.9 Å². The van der Waals surface area contributed by atoms with E-state index in [2.05, 4.69) is 0 Å². The topological polar surface area (TPSA) is 163 Å². The van der Waals surface area contributed by atoms with Crippen molar-refractivity contribution in [2.24, 2.45) is 0 Å². The van der Waals surface area contributed by atoms with Crippen LogP contribution in [0.2, 0.25) is 0 Å². The molecule has 0 aliphatic heterocycles. The molecule has 0 saturated carbocycles. The van der Waals surface area contributed by atoms with Crippen molar-refractivity contribution in [1.82, 2.24) is 9.13 Å². The first-order valence-corrected chi connectivity index (χ1v) is 20.6. The van der Waals surface area contributed by atoms with Gasteiger partial charge in [-0.05, 0) is 87.4 Å². The third-order valence-corrected chi connectivity index (χ3v) is 11.3. The van der Waals surface area contributed by atoms with Gasteiger partial charge in [-0.25, -0.2) is 19.2 Å². The number of carbonyl (C=O) groups is 2. The number of fused-ring (bicyclic) bond motifs is 2. The second-order valence-electron chi connectivity index (χ2n) is 14.9. The number of benzene rings is 5. The summed E-state index contributed by atoms with van der Waals surface area (Å²) in [7, 11) is 0. The first-order valence-electron chi connectivity index (χ1n) is 20.6. The van der Waals surface area contributed by atoms with Gasteiger partial charge in [0, 0.05) is 33.9 Å². The Morgan fingerprint density at radius 3 is 1.20 bits per heavy atom. The summed E-state index contributed by atoms with van der Waals surface area (Å²) in [5.74, 6) is -2.10. The molecule has 0 amide bonds. The molecule has 12 heteroatoms. The molecule has 0 radical (unpaired) electrons. The van der Waals surface area contributed by atoms with Crippen LogP contribution in [0.5, 0.6) is 11.5 Å². The molecule has 0 aliphatic carbocycles. The molecule has 0 spiro atoms. The second-order valence-corrected chi connectivity index (χ2v) is 14.9. The molecule has 0 saturated heterocycles. The van der Waals surface area contributed by atoms with Crippen LogP contribution in [0.3, 0.4) is 0 Å². The summed E-state index contributed by atoms with van der Waals surface area (Å²) < 4.78 is 26.3. The zero-order chi connectivity index (χ0) is 44.8. The number of esters is 2. The minimum Gasteiger partial charge on any atom is -0.506 e.